The first-order valence-electron chi connectivity index (χ1n) is 8.99. The lowest BCUT2D eigenvalue weighted by Crippen LogP contribution is -2.42. The smallest absolute Gasteiger partial charge is 0.244 e. The van der Waals surface area contributed by atoms with E-state index in [9.17, 15) is 12.8 Å². The third kappa shape index (κ3) is 3.10. The summed E-state index contributed by atoms with van der Waals surface area (Å²) in [5.74, 6) is 0.289. The maximum atomic E-state index is 13.5. The van der Waals surface area contributed by atoms with Gasteiger partial charge in [0, 0.05) is 25.0 Å². The predicted molar refractivity (Wildman–Crippen MR) is 104 cm³/mol. The fraction of sp³-hybridized carbons (Fsp3) is 0.238. The van der Waals surface area contributed by atoms with E-state index in [0.717, 1.165) is 16.8 Å². The van der Waals surface area contributed by atoms with Gasteiger partial charge in [-0.2, -0.15) is 4.31 Å². The number of sulfonamides is 1. The summed E-state index contributed by atoms with van der Waals surface area (Å²) in [4.78, 5) is 0.220. The maximum absolute atomic E-state index is 13.5. The van der Waals surface area contributed by atoms with Crippen LogP contribution in [0.3, 0.4) is 0 Å². The molecule has 0 N–H and O–H groups in total. The first kappa shape index (κ1) is 18.7. The largest absolute Gasteiger partial charge is 0.496 e. The highest BCUT2D eigenvalue weighted by atomic mass is 32.2. The Hall–Kier alpha value is -2.64. The van der Waals surface area contributed by atoms with Crippen LogP contribution in [0, 0.1) is 12.7 Å². The molecule has 1 atom stereocenters. The standard InChI is InChI=1S/C21H21FN2O3S/c1-15-14-18(9-10-20(15)27-2)28(25,26)24-13-12-23-11-3-4-19(23)21(24)16-5-7-17(22)8-6-16/h3-11,14,21H,12-13H2,1-2H3. The van der Waals surface area contributed by atoms with Crippen LogP contribution in [-0.2, 0) is 16.6 Å². The maximum Gasteiger partial charge on any atom is 0.244 e. The van der Waals surface area contributed by atoms with E-state index in [4.69, 9.17) is 4.74 Å². The van der Waals surface area contributed by atoms with Gasteiger partial charge in [-0.25, -0.2) is 12.8 Å². The minimum atomic E-state index is -3.77. The first-order valence-corrected chi connectivity index (χ1v) is 10.4. The number of aryl methyl sites for hydroxylation is 1. The number of halogens is 1. The van der Waals surface area contributed by atoms with Crippen molar-refractivity contribution in [2.24, 2.45) is 0 Å². The molecule has 0 amide bonds. The van der Waals surface area contributed by atoms with Gasteiger partial charge in [0.15, 0.2) is 0 Å². The number of rotatable bonds is 4. The minimum absolute atomic E-state index is 0.220. The number of ether oxygens (including phenoxy) is 1. The van der Waals surface area contributed by atoms with Crippen LogP contribution in [0.15, 0.2) is 65.7 Å². The summed E-state index contributed by atoms with van der Waals surface area (Å²) in [6.45, 7) is 2.71. The van der Waals surface area contributed by atoms with Gasteiger partial charge in [0.25, 0.3) is 0 Å². The van der Waals surface area contributed by atoms with E-state index in [-0.39, 0.29) is 10.7 Å². The highest BCUT2D eigenvalue weighted by molar-refractivity contribution is 7.89. The number of aromatic nitrogens is 1. The van der Waals surface area contributed by atoms with Crippen molar-refractivity contribution in [1.82, 2.24) is 8.87 Å². The van der Waals surface area contributed by atoms with E-state index in [1.54, 1.807) is 37.4 Å². The van der Waals surface area contributed by atoms with Crippen LogP contribution in [-0.4, -0.2) is 30.9 Å². The Kier molecular flexibility index (Phi) is 4.72. The van der Waals surface area contributed by atoms with E-state index in [1.165, 1.54) is 16.4 Å². The zero-order chi connectivity index (χ0) is 19.9. The third-order valence-corrected chi connectivity index (χ3v) is 7.01. The van der Waals surface area contributed by atoms with Crippen molar-refractivity contribution in [2.45, 2.75) is 24.4 Å². The molecule has 1 aliphatic rings. The highest BCUT2D eigenvalue weighted by Gasteiger charge is 2.37. The molecular weight excluding hydrogens is 379 g/mol. The van der Waals surface area contributed by atoms with Gasteiger partial charge in [-0.1, -0.05) is 12.1 Å². The molecule has 0 spiro atoms. The molecule has 0 saturated carbocycles. The molecule has 2 aromatic carbocycles. The highest BCUT2D eigenvalue weighted by Crippen LogP contribution is 2.37. The van der Waals surface area contributed by atoms with E-state index in [1.807, 2.05) is 29.8 Å². The molecule has 28 heavy (non-hydrogen) atoms. The molecule has 0 aliphatic carbocycles. The Morgan fingerprint density at radius 1 is 1.07 bits per heavy atom. The predicted octanol–water partition coefficient (Wildman–Crippen LogP) is 3.74. The van der Waals surface area contributed by atoms with Gasteiger partial charge in [0.05, 0.1) is 18.0 Å². The fourth-order valence-corrected chi connectivity index (χ4v) is 5.42. The van der Waals surface area contributed by atoms with Gasteiger partial charge in [-0.05, 0) is 60.5 Å². The molecule has 5 nitrogen and oxygen atoms in total. The van der Waals surface area contributed by atoms with Gasteiger partial charge in [-0.3, -0.25) is 0 Å². The number of hydrogen-bond donors (Lipinski definition) is 0. The van der Waals surface area contributed by atoms with Crippen molar-refractivity contribution >= 4 is 10.0 Å². The molecular formula is C21H21FN2O3S. The molecule has 0 saturated heterocycles. The Morgan fingerprint density at radius 3 is 2.50 bits per heavy atom. The van der Waals surface area contributed by atoms with Crippen LogP contribution in [0.4, 0.5) is 4.39 Å². The van der Waals surface area contributed by atoms with Crippen molar-refractivity contribution < 1.29 is 17.5 Å². The molecule has 7 heteroatoms. The lowest BCUT2D eigenvalue weighted by molar-refractivity contribution is 0.298. The molecule has 0 bridgehead atoms. The summed E-state index contributed by atoms with van der Waals surface area (Å²) in [6, 6.07) is 14.2. The zero-order valence-electron chi connectivity index (χ0n) is 15.7. The van der Waals surface area contributed by atoms with Crippen LogP contribution in [0.5, 0.6) is 5.75 Å². The second-order valence-electron chi connectivity index (χ2n) is 6.83. The van der Waals surface area contributed by atoms with Gasteiger partial charge in [0.1, 0.15) is 11.6 Å². The normalized spacial score (nSPS) is 17.3. The van der Waals surface area contributed by atoms with Crippen LogP contribution < -0.4 is 4.74 Å². The molecule has 4 rings (SSSR count). The van der Waals surface area contributed by atoms with Crippen molar-refractivity contribution in [3.8, 4) is 5.75 Å². The fourth-order valence-electron chi connectivity index (χ4n) is 3.75. The number of fused-ring (bicyclic) bond motifs is 1. The van der Waals surface area contributed by atoms with E-state index in [2.05, 4.69) is 0 Å². The molecule has 1 aliphatic heterocycles. The summed E-state index contributed by atoms with van der Waals surface area (Å²) in [5.41, 5.74) is 2.35. The Morgan fingerprint density at radius 2 is 1.82 bits per heavy atom. The van der Waals surface area contributed by atoms with Crippen LogP contribution in [0.25, 0.3) is 0 Å². The summed E-state index contributed by atoms with van der Waals surface area (Å²) in [6.07, 6.45) is 1.94. The molecule has 3 aromatic rings. The van der Waals surface area contributed by atoms with Crippen LogP contribution >= 0.6 is 0 Å². The summed E-state index contributed by atoms with van der Waals surface area (Å²) in [5, 5.41) is 0. The monoisotopic (exact) mass is 400 g/mol. The van der Waals surface area contributed by atoms with Crippen LogP contribution in [0.1, 0.15) is 22.9 Å². The number of hydrogen-bond acceptors (Lipinski definition) is 3. The molecule has 0 radical (unpaired) electrons. The van der Waals surface area contributed by atoms with Gasteiger partial charge < -0.3 is 9.30 Å². The van der Waals surface area contributed by atoms with Crippen molar-refractivity contribution in [3.05, 3.63) is 83.4 Å². The molecule has 2 heterocycles. The third-order valence-electron chi connectivity index (χ3n) is 5.15. The van der Waals surface area contributed by atoms with Crippen molar-refractivity contribution in [1.29, 1.82) is 0 Å². The van der Waals surface area contributed by atoms with Crippen LogP contribution in [0.2, 0.25) is 0 Å². The second-order valence-corrected chi connectivity index (χ2v) is 8.72. The lowest BCUT2D eigenvalue weighted by Gasteiger charge is -2.36. The molecule has 0 fully saturated rings. The summed E-state index contributed by atoms with van der Waals surface area (Å²) < 4.78 is 49.3. The van der Waals surface area contributed by atoms with Crippen molar-refractivity contribution in [2.75, 3.05) is 13.7 Å². The van der Waals surface area contributed by atoms with Gasteiger partial charge in [-0.15, -0.1) is 0 Å². The average molecular weight is 400 g/mol. The van der Waals surface area contributed by atoms with E-state index in [0.29, 0.717) is 18.8 Å². The quantitative estimate of drug-likeness (QED) is 0.670. The number of benzene rings is 2. The average Bonchev–Trinajstić information content (AvgIpc) is 3.16. The topological polar surface area (TPSA) is 51.5 Å². The molecule has 146 valence electrons. The number of nitrogens with zero attached hydrogens (tertiary/aromatic N) is 2. The van der Waals surface area contributed by atoms with E-state index >= 15 is 0 Å². The van der Waals surface area contributed by atoms with Crippen molar-refractivity contribution in [3.63, 3.8) is 0 Å². The van der Waals surface area contributed by atoms with Gasteiger partial charge >= 0.3 is 0 Å². The zero-order valence-corrected chi connectivity index (χ0v) is 16.5. The minimum Gasteiger partial charge on any atom is -0.496 e. The van der Waals surface area contributed by atoms with E-state index < -0.39 is 16.1 Å². The lowest BCUT2D eigenvalue weighted by atomic mass is 10.0. The molecule has 1 unspecified atom stereocenters. The van der Waals surface area contributed by atoms with Gasteiger partial charge in [0.2, 0.25) is 10.0 Å². The second kappa shape index (κ2) is 7.07. The Balaban J connectivity index is 1.82. The summed E-state index contributed by atoms with van der Waals surface area (Å²) >= 11 is 0. The SMILES string of the molecule is COc1ccc(S(=O)(=O)N2CCn3cccc3C2c2ccc(F)cc2)cc1C. The summed E-state index contributed by atoms with van der Waals surface area (Å²) in [7, 11) is -2.21. The number of methoxy groups -OCH3 is 1. The molecule has 1 aromatic heterocycles. The Bertz CT molecular complexity index is 1110. The first-order chi connectivity index (χ1) is 13.4. The Labute approximate surface area is 164 Å².